The Kier molecular flexibility index (Phi) is 6.09. The van der Waals surface area contributed by atoms with Crippen LogP contribution < -0.4 is 4.74 Å². The molecule has 6 nitrogen and oxygen atoms in total. The van der Waals surface area contributed by atoms with Gasteiger partial charge in [-0.1, -0.05) is 37.7 Å². The van der Waals surface area contributed by atoms with Crippen molar-refractivity contribution >= 4 is 17.7 Å². The van der Waals surface area contributed by atoms with E-state index in [9.17, 15) is 4.79 Å². The summed E-state index contributed by atoms with van der Waals surface area (Å²) in [5, 5.41) is 9.18. The minimum absolute atomic E-state index is 0.181. The number of likely N-dealkylation sites (tertiary alicyclic amines) is 1. The summed E-state index contributed by atoms with van der Waals surface area (Å²) in [6.07, 6.45) is 1.19. The van der Waals surface area contributed by atoms with E-state index in [1.807, 2.05) is 47.7 Å². The topological polar surface area (TPSA) is 60.3 Å². The van der Waals surface area contributed by atoms with Gasteiger partial charge in [0.1, 0.15) is 5.75 Å². The molecule has 1 fully saturated rings. The third-order valence-corrected chi connectivity index (χ3v) is 6.11. The number of hydrogen-bond donors (Lipinski definition) is 0. The highest BCUT2D eigenvalue weighted by molar-refractivity contribution is 8.00. The molecule has 1 aromatic carbocycles. The number of ether oxygens (including phenoxy) is 1. The molecule has 1 aliphatic heterocycles. The van der Waals surface area contributed by atoms with Gasteiger partial charge in [0.05, 0.1) is 17.9 Å². The number of rotatable bonds is 5. The van der Waals surface area contributed by atoms with E-state index < -0.39 is 0 Å². The number of methoxy groups -OCH3 is 1. The van der Waals surface area contributed by atoms with E-state index in [4.69, 9.17) is 4.74 Å². The van der Waals surface area contributed by atoms with Crippen molar-refractivity contribution < 1.29 is 9.53 Å². The predicted molar refractivity (Wildman–Crippen MR) is 108 cm³/mol. The summed E-state index contributed by atoms with van der Waals surface area (Å²) in [7, 11) is 3.57. The summed E-state index contributed by atoms with van der Waals surface area (Å²) in [6, 6.07) is 7.74. The number of benzene rings is 1. The number of aromatic nitrogens is 3. The van der Waals surface area contributed by atoms with Gasteiger partial charge in [0.25, 0.3) is 0 Å². The van der Waals surface area contributed by atoms with Crippen molar-refractivity contribution in [1.29, 1.82) is 0 Å². The molecule has 146 valence electrons. The van der Waals surface area contributed by atoms with Crippen LogP contribution in [-0.2, 0) is 11.8 Å². The zero-order chi connectivity index (χ0) is 19.6. The first kappa shape index (κ1) is 19.7. The summed E-state index contributed by atoms with van der Waals surface area (Å²) >= 11 is 1.46. The normalized spacial score (nSPS) is 21.1. The fraction of sp³-hybridized carbons (Fsp3) is 0.550. The van der Waals surface area contributed by atoms with Crippen molar-refractivity contribution in [3.8, 4) is 17.1 Å². The predicted octanol–water partition coefficient (Wildman–Crippen LogP) is 3.48. The quantitative estimate of drug-likeness (QED) is 0.734. The van der Waals surface area contributed by atoms with Crippen molar-refractivity contribution in [2.24, 2.45) is 18.9 Å². The lowest BCUT2D eigenvalue weighted by atomic mass is 9.92. The number of hydrogen-bond acceptors (Lipinski definition) is 5. The highest BCUT2D eigenvalue weighted by Crippen LogP contribution is 2.32. The summed E-state index contributed by atoms with van der Waals surface area (Å²) in [5.41, 5.74) is 0.888. The number of carbonyl (C=O) groups is 1. The van der Waals surface area contributed by atoms with Crippen LogP contribution in [0.25, 0.3) is 11.4 Å². The molecule has 0 bridgehead atoms. The van der Waals surface area contributed by atoms with Crippen LogP contribution in [0.1, 0.15) is 27.2 Å². The molecule has 2 aromatic rings. The minimum Gasteiger partial charge on any atom is -0.496 e. The van der Waals surface area contributed by atoms with Gasteiger partial charge in [-0.15, -0.1) is 10.2 Å². The molecule has 0 radical (unpaired) electrons. The second kappa shape index (κ2) is 8.33. The van der Waals surface area contributed by atoms with Crippen LogP contribution >= 0.6 is 11.8 Å². The molecule has 1 saturated heterocycles. The highest BCUT2D eigenvalue weighted by atomic mass is 32.2. The van der Waals surface area contributed by atoms with Crippen LogP contribution in [0, 0.1) is 11.8 Å². The fourth-order valence-electron chi connectivity index (χ4n) is 3.79. The minimum atomic E-state index is -0.198. The number of amides is 1. The summed E-state index contributed by atoms with van der Waals surface area (Å²) in [5.74, 6) is 2.78. The molecule has 3 atom stereocenters. The van der Waals surface area contributed by atoms with E-state index in [1.165, 1.54) is 18.2 Å². The molecule has 7 heteroatoms. The van der Waals surface area contributed by atoms with Crippen molar-refractivity contribution in [1.82, 2.24) is 19.7 Å². The molecule has 0 spiro atoms. The molecular weight excluding hydrogens is 360 g/mol. The second-order valence-corrected chi connectivity index (χ2v) is 8.82. The lowest BCUT2D eigenvalue weighted by Crippen LogP contribution is -2.45. The van der Waals surface area contributed by atoms with Gasteiger partial charge in [-0.3, -0.25) is 4.79 Å². The molecular formula is C20H28N4O2S. The Morgan fingerprint density at radius 3 is 2.56 bits per heavy atom. The maximum Gasteiger partial charge on any atom is 0.235 e. The maximum atomic E-state index is 12.9. The SMILES string of the molecule is COc1ccccc1-c1nnc(SC(C)C(=O)N2CC(C)CC(C)C2)n1C. The van der Waals surface area contributed by atoms with Crippen LogP contribution in [0.15, 0.2) is 29.4 Å². The molecule has 0 aliphatic carbocycles. The second-order valence-electron chi connectivity index (χ2n) is 7.51. The van der Waals surface area contributed by atoms with Gasteiger partial charge >= 0.3 is 0 Å². The van der Waals surface area contributed by atoms with E-state index in [0.29, 0.717) is 11.8 Å². The first-order valence-electron chi connectivity index (χ1n) is 9.39. The third-order valence-electron chi connectivity index (χ3n) is 4.99. The lowest BCUT2D eigenvalue weighted by Gasteiger charge is -2.36. The zero-order valence-electron chi connectivity index (χ0n) is 16.7. The van der Waals surface area contributed by atoms with Gasteiger partial charge in [-0.2, -0.15) is 0 Å². The van der Waals surface area contributed by atoms with Crippen LogP contribution in [-0.4, -0.2) is 51.0 Å². The van der Waals surface area contributed by atoms with Crippen molar-refractivity contribution in [3.63, 3.8) is 0 Å². The average molecular weight is 389 g/mol. The van der Waals surface area contributed by atoms with E-state index >= 15 is 0 Å². The molecule has 3 unspecified atom stereocenters. The van der Waals surface area contributed by atoms with Gasteiger partial charge in [0, 0.05) is 20.1 Å². The Labute approximate surface area is 165 Å². The smallest absolute Gasteiger partial charge is 0.235 e. The van der Waals surface area contributed by atoms with Gasteiger partial charge in [0.2, 0.25) is 5.91 Å². The number of nitrogens with zero attached hydrogens (tertiary/aromatic N) is 4. The number of carbonyl (C=O) groups excluding carboxylic acids is 1. The van der Waals surface area contributed by atoms with Crippen LogP contribution in [0.3, 0.4) is 0 Å². The largest absolute Gasteiger partial charge is 0.496 e. The monoisotopic (exact) mass is 388 g/mol. The molecule has 1 aromatic heterocycles. The molecule has 2 heterocycles. The van der Waals surface area contributed by atoms with E-state index in [2.05, 4.69) is 24.0 Å². The Morgan fingerprint density at radius 1 is 1.22 bits per heavy atom. The fourth-order valence-corrected chi connectivity index (χ4v) is 4.69. The van der Waals surface area contributed by atoms with Crippen molar-refractivity contribution in [3.05, 3.63) is 24.3 Å². The summed E-state index contributed by atoms with van der Waals surface area (Å²) in [6.45, 7) is 8.08. The van der Waals surface area contributed by atoms with Gasteiger partial charge in [-0.25, -0.2) is 0 Å². The third kappa shape index (κ3) is 4.29. The Hall–Kier alpha value is -2.02. The van der Waals surface area contributed by atoms with E-state index in [1.54, 1.807) is 7.11 Å². The Balaban J connectivity index is 1.74. The Morgan fingerprint density at radius 2 is 1.89 bits per heavy atom. The van der Waals surface area contributed by atoms with Crippen molar-refractivity contribution in [2.75, 3.05) is 20.2 Å². The number of thioether (sulfide) groups is 1. The van der Waals surface area contributed by atoms with Crippen LogP contribution in [0.2, 0.25) is 0 Å². The van der Waals surface area contributed by atoms with Gasteiger partial charge < -0.3 is 14.2 Å². The van der Waals surface area contributed by atoms with Gasteiger partial charge in [-0.05, 0) is 37.3 Å². The van der Waals surface area contributed by atoms with Crippen molar-refractivity contribution in [2.45, 2.75) is 37.6 Å². The molecule has 0 N–H and O–H groups in total. The van der Waals surface area contributed by atoms with E-state index in [0.717, 1.165) is 35.4 Å². The zero-order valence-corrected chi connectivity index (χ0v) is 17.5. The lowest BCUT2D eigenvalue weighted by molar-refractivity contribution is -0.132. The maximum absolute atomic E-state index is 12.9. The first-order chi connectivity index (χ1) is 12.9. The standard InChI is InChI=1S/C20H28N4O2S/c1-13-10-14(2)12-24(11-13)19(25)15(3)27-20-22-21-18(23(20)4)16-8-6-7-9-17(16)26-5/h6-9,13-15H,10-12H2,1-5H3. The molecule has 1 aliphatic rings. The number of piperidine rings is 1. The average Bonchev–Trinajstić information content (AvgIpc) is 3.00. The van der Waals surface area contributed by atoms with Crippen LogP contribution in [0.5, 0.6) is 5.75 Å². The summed E-state index contributed by atoms with van der Waals surface area (Å²) < 4.78 is 7.36. The van der Waals surface area contributed by atoms with E-state index in [-0.39, 0.29) is 11.2 Å². The number of para-hydroxylation sites is 1. The van der Waals surface area contributed by atoms with Crippen LogP contribution in [0.4, 0.5) is 0 Å². The molecule has 3 rings (SSSR count). The molecule has 1 amide bonds. The highest BCUT2D eigenvalue weighted by Gasteiger charge is 2.29. The molecule has 0 saturated carbocycles. The first-order valence-corrected chi connectivity index (χ1v) is 10.3. The van der Waals surface area contributed by atoms with Gasteiger partial charge in [0.15, 0.2) is 11.0 Å². The summed E-state index contributed by atoms with van der Waals surface area (Å²) in [4.78, 5) is 14.9. The molecule has 27 heavy (non-hydrogen) atoms. The Bertz CT molecular complexity index is 797.